The topological polar surface area (TPSA) is 190 Å². The largest absolute Gasteiger partial charge is 0.458 e. The highest BCUT2D eigenvalue weighted by atomic mass is 16.8. The molecule has 0 bridgehead atoms. The molecule has 15 nitrogen and oxygen atoms in total. The van der Waals surface area contributed by atoms with E-state index < -0.39 is 90.9 Å². The number of methoxy groups -OCH3 is 3. The van der Waals surface area contributed by atoms with Gasteiger partial charge in [-0.05, 0) is 120 Å². The highest BCUT2D eigenvalue weighted by molar-refractivity contribution is 5.89. The number of esters is 1. The van der Waals surface area contributed by atoms with Crippen molar-refractivity contribution in [2.45, 2.75) is 210 Å². The maximum absolute atomic E-state index is 13.7. The van der Waals surface area contributed by atoms with Gasteiger partial charge in [-0.1, -0.05) is 32.0 Å². The van der Waals surface area contributed by atoms with Crippen LogP contribution in [0, 0.1) is 34.5 Å². The maximum atomic E-state index is 13.7. The molecule has 0 spiro atoms. The smallest absolute Gasteiger partial charge is 0.338 e. The normalized spacial score (nSPS) is 49.9. The van der Waals surface area contributed by atoms with Gasteiger partial charge in [-0.25, -0.2) is 4.79 Å². The Morgan fingerprint density at radius 1 is 0.719 bits per heavy atom. The molecular formula is C49H76O15. The van der Waals surface area contributed by atoms with E-state index in [4.69, 9.17) is 47.4 Å². The number of benzene rings is 1. The van der Waals surface area contributed by atoms with Crippen LogP contribution in [0.3, 0.4) is 0 Å². The van der Waals surface area contributed by atoms with Crippen molar-refractivity contribution in [2.24, 2.45) is 34.5 Å². The van der Waals surface area contributed by atoms with Gasteiger partial charge >= 0.3 is 5.97 Å². The van der Waals surface area contributed by atoms with Gasteiger partial charge in [0.25, 0.3) is 0 Å². The number of ether oxygens (including phenoxy) is 10. The van der Waals surface area contributed by atoms with Crippen LogP contribution >= 0.6 is 0 Å². The maximum Gasteiger partial charge on any atom is 0.338 e. The third-order valence-corrected chi connectivity index (χ3v) is 17.6. The molecule has 3 aliphatic heterocycles. The summed E-state index contributed by atoms with van der Waals surface area (Å²) in [6.07, 6.45) is -2.57. The predicted molar refractivity (Wildman–Crippen MR) is 231 cm³/mol. The number of hydrogen-bond donors (Lipinski definition) is 4. The van der Waals surface area contributed by atoms with Crippen LogP contribution in [-0.4, -0.2) is 152 Å². The lowest BCUT2D eigenvalue weighted by Crippen LogP contribution is -2.68. The van der Waals surface area contributed by atoms with E-state index in [9.17, 15) is 25.2 Å². The molecule has 0 radical (unpaired) electrons. The molecule has 1 aromatic carbocycles. The zero-order valence-electron chi connectivity index (χ0n) is 39.3. The number of aliphatic hydroxyl groups is 4. The monoisotopic (exact) mass is 905 g/mol. The van der Waals surface area contributed by atoms with Crippen LogP contribution in [0.5, 0.6) is 0 Å². The first-order chi connectivity index (χ1) is 30.5. The van der Waals surface area contributed by atoms with Crippen LogP contribution in [0.1, 0.15) is 116 Å². The minimum absolute atomic E-state index is 0.0180. The number of carbonyl (C=O) groups is 1. The van der Waals surface area contributed by atoms with Crippen molar-refractivity contribution in [3.8, 4) is 0 Å². The summed E-state index contributed by atoms with van der Waals surface area (Å²) in [5, 5.41) is 45.4. The van der Waals surface area contributed by atoms with Gasteiger partial charge in [0.2, 0.25) is 0 Å². The number of aliphatic hydroxyl groups excluding tert-OH is 3. The van der Waals surface area contributed by atoms with E-state index in [1.165, 1.54) is 7.11 Å². The van der Waals surface area contributed by atoms with E-state index in [1.54, 1.807) is 33.3 Å². The second-order valence-electron chi connectivity index (χ2n) is 20.8. The van der Waals surface area contributed by atoms with Gasteiger partial charge in [0.15, 0.2) is 18.9 Å². The molecule has 3 saturated heterocycles. The van der Waals surface area contributed by atoms with Gasteiger partial charge in [-0.15, -0.1) is 0 Å². The Balaban J connectivity index is 0.889. The summed E-state index contributed by atoms with van der Waals surface area (Å²) in [6.45, 7) is 11.8. The van der Waals surface area contributed by atoms with Gasteiger partial charge in [0, 0.05) is 39.6 Å². The molecule has 23 atom stereocenters. The summed E-state index contributed by atoms with van der Waals surface area (Å²) in [7, 11) is 4.70. The van der Waals surface area contributed by atoms with Crippen molar-refractivity contribution in [1.82, 2.24) is 0 Å². The summed E-state index contributed by atoms with van der Waals surface area (Å²) >= 11 is 0. The van der Waals surface area contributed by atoms with Crippen LogP contribution in [0.4, 0.5) is 0 Å². The summed E-state index contributed by atoms with van der Waals surface area (Å²) < 4.78 is 62.2. The first kappa shape index (κ1) is 48.6. The van der Waals surface area contributed by atoms with Gasteiger partial charge in [-0.2, -0.15) is 0 Å². The first-order valence-electron chi connectivity index (χ1n) is 24.0. The predicted octanol–water partition coefficient (Wildman–Crippen LogP) is 4.91. The molecule has 0 amide bonds. The fourth-order valence-corrected chi connectivity index (χ4v) is 14.0. The van der Waals surface area contributed by atoms with Gasteiger partial charge in [0.05, 0.1) is 53.9 Å². The zero-order chi connectivity index (χ0) is 45.9. The van der Waals surface area contributed by atoms with Crippen molar-refractivity contribution in [2.75, 3.05) is 21.3 Å². The third kappa shape index (κ3) is 8.64. The van der Waals surface area contributed by atoms with E-state index in [0.29, 0.717) is 43.6 Å². The van der Waals surface area contributed by atoms with Gasteiger partial charge in [0.1, 0.15) is 36.6 Å². The SMILES string of the molecule is CO[C@H]1[C@@H](O)[C@H](O[C@H]2[C@@H](OC)C[C@H](O[C@H]3[C@@H](OC)C[C@H](O[C@H]4CC[C@]5(C)C6C[C@@H](OC(=O)c7ccccc7)[C@]7(C)[C@@H]([C@@H](C)O)CC[C@]7(O)[C@@H]6CC[C@H]5C4)O[C@@H]3C)O[C@@H]2C)O[C@H](C)[C@H]1O. The number of fused-ring (bicyclic) bond motifs is 5. The summed E-state index contributed by atoms with van der Waals surface area (Å²) in [5.74, 6) is -0.0240. The second-order valence-corrected chi connectivity index (χ2v) is 20.8. The molecule has 8 rings (SSSR count). The van der Waals surface area contributed by atoms with Crippen LogP contribution in [0.25, 0.3) is 0 Å². The molecule has 362 valence electrons. The highest BCUT2D eigenvalue weighted by Crippen LogP contribution is 2.70. The molecular weight excluding hydrogens is 829 g/mol. The summed E-state index contributed by atoms with van der Waals surface area (Å²) in [6, 6.07) is 9.08. The molecule has 4 N–H and O–H groups in total. The molecule has 1 aromatic rings. The van der Waals surface area contributed by atoms with E-state index in [2.05, 4.69) is 13.8 Å². The average Bonchev–Trinajstić information content (AvgIpc) is 3.56. The Morgan fingerprint density at radius 3 is 1.98 bits per heavy atom. The van der Waals surface area contributed by atoms with Crippen molar-refractivity contribution >= 4 is 5.97 Å². The Hall–Kier alpha value is -1.83. The van der Waals surface area contributed by atoms with E-state index in [1.807, 2.05) is 39.0 Å². The van der Waals surface area contributed by atoms with E-state index in [0.717, 1.165) is 32.1 Å². The van der Waals surface area contributed by atoms with Crippen LogP contribution < -0.4 is 0 Å². The quantitative estimate of drug-likeness (QED) is 0.163. The number of hydrogen-bond acceptors (Lipinski definition) is 15. The van der Waals surface area contributed by atoms with E-state index in [-0.39, 0.29) is 47.4 Å². The van der Waals surface area contributed by atoms with Crippen molar-refractivity contribution in [3.05, 3.63) is 35.9 Å². The highest BCUT2D eigenvalue weighted by Gasteiger charge is 2.72. The minimum Gasteiger partial charge on any atom is -0.458 e. The number of carbonyl (C=O) groups excluding carboxylic acids is 1. The third-order valence-electron chi connectivity index (χ3n) is 17.6. The van der Waals surface area contributed by atoms with Crippen molar-refractivity contribution < 1.29 is 72.6 Å². The van der Waals surface area contributed by atoms with Crippen LogP contribution in [0.2, 0.25) is 0 Å². The van der Waals surface area contributed by atoms with Crippen LogP contribution in [0.15, 0.2) is 30.3 Å². The molecule has 7 fully saturated rings. The summed E-state index contributed by atoms with van der Waals surface area (Å²) in [5.41, 5.74) is -1.44. The number of rotatable bonds is 12. The van der Waals surface area contributed by atoms with Gasteiger partial charge < -0.3 is 67.8 Å². The lowest BCUT2D eigenvalue weighted by molar-refractivity contribution is -0.352. The molecule has 7 aliphatic rings. The first-order valence-corrected chi connectivity index (χ1v) is 24.0. The molecule has 1 unspecified atom stereocenters. The zero-order valence-corrected chi connectivity index (χ0v) is 39.3. The minimum atomic E-state index is -1.22. The Morgan fingerprint density at radius 2 is 1.36 bits per heavy atom. The molecule has 3 heterocycles. The van der Waals surface area contributed by atoms with Crippen molar-refractivity contribution in [3.63, 3.8) is 0 Å². The van der Waals surface area contributed by atoms with E-state index >= 15 is 0 Å². The summed E-state index contributed by atoms with van der Waals surface area (Å²) in [4.78, 5) is 13.7. The Kier molecular flexibility index (Phi) is 14.6. The second kappa shape index (κ2) is 19.3. The fourth-order valence-electron chi connectivity index (χ4n) is 14.0. The molecule has 64 heavy (non-hydrogen) atoms. The molecule has 4 saturated carbocycles. The Labute approximate surface area is 379 Å². The van der Waals surface area contributed by atoms with Crippen LogP contribution in [-0.2, 0) is 47.4 Å². The average molecular weight is 905 g/mol. The lowest BCUT2D eigenvalue weighted by Gasteiger charge is -2.65. The fraction of sp³-hybridized carbons (Fsp3) is 0.857. The molecule has 4 aliphatic carbocycles. The Bertz CT molecular complexity index is 1720. The molecule has 15 heteroatoms. The van der Waals surface area contributed by atoms with Crippen molar-refractivity contribution in [1.29, 1.82) is 0 Å². The van der Waals surface area contributed by atoms with Gasteiger partial charge in [-0.3, -0.25) is 0 Å². The lowest BCUT2D eigenvalue weighted by atomic mass is 9.42. The molecule has 0 aromatic heterocycles. The standard InChI is InChI=1S/C49H76O15/c1-25(50)32-18-20-49(54)33-16-15-30-21-31(17-19-47(30,5)34(33)22-37(48(32,49)6)62-45(53)29-13-11-10-12-14-29)61-38-23-35(55-7)42(27(3)58-38)63-39-24-36(56-8)43(28(4)59-39)64-46-41(52)44(57-9)40(51)26(2)60-46/h10-14,25-28,30-44,46,50-52,54H,15-24H2,1-9H3/t25-,26-,27-,28-,30+,31+,32-,33-,34?,35+,36+,37-,38+,39+,40-,41-,42-,43-,44-,46+,47+,48+,49+/m1/s1.